The average Bonchev–Trinajstić information content (AvgIpc) is 2.48. The largest absolute Gasteiger partial charge is 0.376 e. The lowest BCUT2D eigenvalue weighted by molar-refractivity contribution is 0.0267. The van der Waals surface area contributed by atoms with Crippen molar-refractivity contribution in [3.63, 3.8) is 0 Å². The van der Waals surface area contributed by atoms with Crippen LogP contribution in [0.2, 0.25) is 5.02 Å². The first-order chi connectivity index (χ1) is 10.1. The van der Waals surface area contributed by atoms with Gasteiger partial charge in [-0.05, 0) is 59.8 Å². The minimum Gasteiger partial charge on any atom is -0.376 e. The van der Waals surface area contributed by atoms with E-state index in [9.17, 15) is 4.79 Å². The van der Waals surface area contributed by atoms with Gasteiger partial charge in [0.1, 0.15) is 0 Å². The number of rotatable bonds is 5. The Kier molecular flexibility index (Phi) is 6.48. The number of ether oxygens (including phenoxy) is 1. The van der Waals surface area contributed by atoms with Crippen LogP contribution in [0, 0.1) is 0 Å². The second-order valence-electron chi connectivity index (χ2n) is 5.29. The smallest absolute Gasteiger partial charge is 0.251 e. The molecule has 0 aromatic heterocycles. The summed E-state index contributed by atoms with van der Waals surface area (Å²) in [7, 11) is 0. The summed E-state index contributed by atoms with van der Waals surface area (Å²) in [5, 5.41) is 3.36. The third-order valence-corrected chi connectivity index (χ3v) is 4.87. The fourth-order valence-corrected chi connectivity index (χ4v) is 2.81. The SMILES string of the molecule is NC1CCC(OCCNC(=O)c2ccc(Br)c(Cl)c2)CC1. The van der Waals surface area contributed by atoms with Crippen LogP contribution in [-0.4, -0.2) is 31.2 Å². The molecule has 0 unspecified atom stereocenters. The van der Waals surface area contributed by atoms with E-state index in [0.717, 1.165) is 30.2 Å². The molecule has 1 aliphatic carbocycles. The highest BCUT2D eigenvalue weighted by atomic mass is 79.9. The number of benzene rings is 1. The van der Waals surface area contributed by atoms with E-state index in [2.05, 4.69) is 21.2 Å². The zero-order valence-corrected chi connectivity index (χ0v) is 14.1. The number of hydrogen-bond acceptors (Lipinski definition) is 3. The van der Waals surface area contributed by atoms with Crippen LogP contribution >= 0.6 is 27.5 Å². The first-order valence-corrected chi connectivity index (χ1v) is 8.34. The van der Waals surface area contributed by atoms with Crippen molar-refractivity contribution in [1.29, 1.82) is 0 Å². The van der Waals surface area contributed by atoms with Gasteiger partial charge in [0.05, 0.1) is 17.7 Å². The molecule has 1 fully saturated rings. The van der Waals surface area contributed by atoms with Crippen LogP contribution in [0.3, 0.4) is 0 Å². The number of carbonyl (C=O) groups is 1. The maximum absolute atomic E-state index is 11.9. The molecule has 6 heteroatoms. The molecule has 2 rings (SSSR count). The summed E-state index contributed by atoms with van der Waals surface area (Å²) in [6, 6.07) is 5.46. The van der Waals surface area contributed by atoms with Gasteiger partial charge >= 0.3 is 0 Å². The summed E-state index contributed by atoms with van der Waals surface area (Å²) in [4.78, 5) is 11.9. The van der Waals surface area contributed by atoms with Gasteiger partial charge in [0, 0.05) is 22.6 Å². The molecule has 0 spiro atoms. The minimum absolute atomic E-state index is 0.140. The van der Waals surface area contributed by atoms with Crippen molar-refractivity contribution in [2.45, 2.75) is 37.8 Å². The lowest BCUT2D eigenvalue weighted by atomic mass is 9.94. The second kappa shape index (κ2) is 8.13. The van der Waals surface area contributed by atoms with Crippen molar-refractivity contribution in [2.75, 3.05) is 13.2 Å². The Morgan fingerprint density at radius 1 is 1.38 bits per heavy atom. The molecule has 21 heavy (non-hydrogen) atoms. The van der Waals surface area contributed by atoms with Gasteiger partial charge in [-0.1, -0.05) is 11.6 Å². The van der Waals surface area contributed by atoms with E-state index in [0.29, 0.717) is 29.8 Å². The summed E-state index contributed by atoms with van der Waals surface area (Å²) in [5.41, 5.74) is 6.40. The molecule has 1 aliphatic rings. The first-order valence-electron chi connectivity index (χ1n) is 7.16. The maximum Gasteiger partial charge on any atom is 0.251 e. The fourth-order valence-electron chi connectivity index (χ4n) is 2.38. The van der Waals surface area contributed by atoms with E-state index >= 15 is 0 Å². The second-order valence-corrected chi connectivity index (χ2v) is 6.55. The third kappa shape index (κ3) is 5.25. The topological polar surface area (TPSA) is 64.3 Å². The zero-order valence-electron chi connectivity index (χ0n) is 11.8. The molecule has 1 aromatic carbocycles. The molecule has 0 radical (unpaired) electrons. The van der Waals surface area contributed by atoms with Crippen molar-refractivity contribution in [1.82, 2.24) is 5.32 Å². The summed E-state index contributed by atoms with van der Waals surface area (Å²) in [6.07, 6.45) is 4.35. The number of nitrogens with two attached hydrogens (primary N) is 1. The number of hydrogen-bond donors (Lipinski definition) is 2. The molecule has 1 aromatic rings. The molecule has 0 bridgehead atoms. The number of carbonyl (C=O) groups excluding carboxylic acids is 1. The lowest BCUT2D eigenvalue weighted by Crippen LogP contribution is -2.33. The van der Waals surface area contributed by atoms with E-state index in [-0.39, 0.29) is 12.0 Å². The van der Waals surface area contributed by atoms with Gasteiger partial charge in [0.25, 0.3) is 5.91 Å². The molecule has 116 valence electrons. The predicted octanol–water partition coefficient (Wildman–Crippen LogP) is 3.12. The Labute approximate surface area is 138 Å². The quantitative estimate of drug-likeness (QED) is 0.777. The van der Waals surface area contributed by atoms with Gasteiger partial charge in [-0.3, -0.25) is 4.79 Å². The van der Waals surface area contributed by atoms with E-state index < -0.39 is 0 Å². The normalized spacial score (nSPS) is 22.0. The Balaban J connectivity index is 1.68. The third-order valence-electron chi connectivity index (χ3n) is 3.64. The minimum atomic E-state index is -0.140. The van der Waals surface area contributed by atoms with Crippen molar-refractivity contribution in [3.8, 4) is 0 Å². The molecule has 1 amide bonds. The predicted molar refractivity (Wildman–Crippen MR) is 87.7 cm³/mol. The summed E-state index contributed by atoms with van der Waals surface area (Å²) in [6.45, 7) is 1.02. The number of nitrogens with one attached hydrogen (secondary N) is 1. The van der Waals surface area contributed by atoms with E-state index in [1.54, 1.807) is 18.2 Å². The van der Waals surface area contributed by atoms with Gasteiger partial charge in [-0.2, -0.15) is 0 Å². The van der Waals surface area contributed by atoms with Crippen LogP contribution in [0.5, 0.6) is 0 Å². The fraction of sp³-hybridized carbons (Fsp3) is 0.533. The summed E-state index contributed by atoms with van der Waals surface area (Å²) in [5.74, 6) is -0.140. The maximum atomic E-state index is 11.9. The standard InChI is InChI=1S/C15H20BrClN2O2/c16-13-6-1-10(9-14(13)17)15(20)19-7-8-21-12-4-2-11(18)3-5-12/h1,6,9,11-12H,2-5,7-8,18H2,(H,19,20). The Hall–Kier alpha value is -0.620. The van der Waals surface area contributed by atoms with E-state index in [4.69, 9.17) is 22.1 Å². The summed E-state index contributed by atoms with van der Waals surface area (Å²) >= 11 is 9.27. The molecule has 0 atom stereocenters. The van der Waals surface area contributed by atoms with Crippen LogP contribution < -0.4 is 11.1 Å². The number of amides is 1. The molecule has 3 N–H and O–H groups in total. The molecule has 0 aliphatic heterocycles. The highest BCUT2D eigenvalue weighted by Crippen LogP contribution is 2.23. The summed E-state index contributed by atoms with van der Waals surface area (Å²) < 4.78 is 6.53. The lowest BCUT2D eigenvalue weighted by Gasteiger charge is -2.26. The van der Waals surface area contributed by atoms with Crippen LogP contribution in [-0.2, 0) is 4.74 Å². The van der Waals surface area contributed by atoms with Gasteiger partial charge in [-0.15, -0.1) is 0 Å². The average molecular weight is 376 g/mol. The zero-order chi connectivity index (χ0) is 15.2. The molecular weight excluding hydrogens is 356 g/mol. The van der Waals surface area contributed by atoms with Gasteiger partial charge in [0.15, 0.2) is 0 Å². The highest BCUT2D eigenvalue weighted by molar-refractivity contribution is 9.10. The molecule has 1 saturated carbocycles. The van der Waals surface area contributed by atoms with Crippen molar-refractivity contribution < 1.29 is 9.53 Å². The monoisotopic (exact) mass is 374 g/mol. The van der Waals surface area contributed by atoms with Gasteiger partial charge < -0.3 is 15.8 Å². The molecular formula is C15H20BrClN2O2. The van der Waals surface area contributed by atoms with Crippen LogP contribution in [0.1, 0.15) is 36.0 Å². The number of halogens is 2. The van der Waals surface area contributed by atoms with Gasteiger partial charge in [-0.25, -0.2) is 0 Å². The first kappa shape index (κ1) is 16.7. The highest BCUT2D eigenvalue weighted by Gasteiger charge is 2.18. The molecule has 0 saturated heterocycles. The Bertz CT molecular complexity index is 491. The van der Waals surface area contributed by atoms with Crippen LogP contribution in [0.15, 0.2) is 22.7 Å². The Morgan fingerprint density at radius 3 is 2.76 bits per heavy atom. The Morgan fingerprint density at radius 2 is 2.10 bits per heavy atom. The van der Waals surface area contributed by atoms with Crippen molar-refractivity contribution >= 4 is 33.4 Å². The van der Waals surface area contributed by atoms with E-state index in [1.807, 2.05) is 0 Å². The van der Waals surface area contributed by atoms with Crippen LogP contribution in [0.25, 0.3) is 0 Å². The molecule has 4 nitrogen and oxygen atoms in total. The van der Waals surface area contributed by atoms with E-state index in [1.165, 1.54) is 0 Å². The van der Waals surface area contributed by atoms with Crippen molar-refractivity contribution in [2.24, 2.45) is 5.73 Å². The molecule has 0 heterocycles. The van der Waals surface area contributed by atoms with Crippen molar-refractivity contribution in [3.05, 3.63) is 33.3 Å². The van der Waals surface area contributed by atoms with Crippen LogP contribution in [0.4, 0.5) is 0 Å². The van der Waals surface area contributed by atoms with Gasteiger partial charge in [0.2, 0.25) is 0 Å².